The van der Waals surface area contributed by atoms with Crippen molar-refractivity contribution >= 4 is 40.0 Å². The summed E-state index contributed by atoms with van der Waals surface area (Å²) in [5.41, 5.74) is 1.38. The summed E-state index contributed by atoms with van der Waals surface area (Å²) in [6.07, 6.45) is 2.96. The molecule has 7 nitrogen and oxygen atoms in total. The van der Waals surface area contributed by atoms with Gasteiger partial charge in [-0.2, -0.15) is 0 Å². The first kappa shape index (κ1) is 25.1. The van der Waals surface area contributed by atoms with Crippen LogP contribution >= 0.6 is 24.0 Å². The molecule has 0 saturated carbocycles. The lowest BCUT2D eigenvalue weighted by Gasteiger charge is -2.22. The lowest BCUT2D eigenvalue weighted by Crippen LogP contribution is -2.42. The van der Waals surface area contributed by atoms with Crippen LogP contribution in [0.25, 0.3) is 0 Å². The Kier molecular flexibility index (Phi) is 11.2. The minimum atomic E-state index is -3.39. The van der Waals surface area contributed by atoms with E-state index in [9.17, 15) is 12.8 Å². The van der Waals surface area contributed by atoms with E-state index in [1.807, 2.05) is 6.07 Å². The van der Waals surface area contributed by atoms with Gasteiger partial charge in [-0.15, -0.1) is 24.0 Å². The summed E-state index contributed by atoms with van der Waals surface area (Å²) in [6, 6.07) is 5.02. The molecule has 1 aromatic carbocycles. The first-order valence-electron chi connectivity index (χ1n) is 9.18. The molecule has 1 atom stereocenters. The Balaban J connectivity index is 0.00000392. The molecular formula is C18H30FIN4O3S. The van der Waals surface area contributed by atoms with Crippen LogP contribution in [0.2, 0.25) is 0 Å². The number of ether oxygens (including phenoxy) is 1. The third-order valence-electron chi connectivity index (χ3n) is 4.39. The molecule has 0 aliphatic carbocycles. The highest BCUT2D eigenvalue weighted by molar-refractivity contribution is 14.0. The Hall–Kier alpha value is -0.980. The van der Waals surface area contributed by atoms with Crippen molar-refractivity contribution in [2.24, 2.45) is 4.99 Å². The van der Waals surface area contributed by atoms with Crippen molar-refractivity contribution in [1.29, 1.82) is 0 Å². The van der Waals surface area contributed by atoms with E-state index >= 15 is 0 Å². The van der Waals surface area contributed by atoms with Gasteiger partial charge < -0.3 is 15.4 Å². The molecule has 1 aliphatic rings. The van der Waals surface area contributed by atoms with Gasteiger partial charge in [0.25, 0.3) is 0 Å². The molecule has 1 saturated heterocycles. The predicted molar refractivity (Wildman–Crippen MR) is 120 cm³/mol. The molecule has 0 aromatic heterocycles. The van der Waals surface area contributed by atoms with Crippen molar-refractivity contribution in [3.8, 4) is 0 Å². The van der Waals surface area contributed by atoms with Crippen molar-refractivity contribution in [3.05, 3.63) is 35.1 Å². The molecule has 1 unspecified atom stereocenters. The average molecular weight is 528 g/mol. The monoisotopic (exact) mass is 528 g/mol. The first-order valence-corrected chi connectivity index (χ1v) is 10.8. The molecule has 2 rings (SSSR count). The number of halogens is 2. The predicted octanol–water partition coefficient (Wildman–Crippen LogP) is 1.91. The van der Waals surface area contributed by atoms with Crippen LogP contribution in [0.5, 0.6) is 0 Å². The van der Waals surface area contributed by atoms with Gasteiger partial charge in [-0.05, 0) is 43.4 Å². The van der Waals surface area contributed by atoms with Crippen molar-refractivity contribution in [2.75, 3.05) is 32.5 Å². The summed E-state index contributed by atoms with van der Waals surface area (Å²) in [5, 5.41) is 5.99. The molecule has 3 N–H and O–H groups in total. The smallest absolute Gasteiger partial charge is 0.213 e. The van der Waals surface area contributed by atoms with Crippen molar-refractivity contribution in [3.63, 3.8) is 0 Å². The molecular weight excluding hydrogens is 498 g/mol. The van der Waals surface area contributed by atoms with Crippen LogP contribution in [0.1, 0.15) is 30.4 Å². The van der Waals surface area contributed by atoms with Crippen LogP contribution < -0.4 is 15.4 Å². The lowest BCUT2D eigenvalue weighted by atomic mass is 10.1. The van der Waals surface area contributed by atoms with Gasteiger partial charge in [0.05, 0.1) is 11.9 Å². The van der Waals surface area contributed by atoms with Crippen LogP contribution in [0.3, 0.4) is 0 Å². The first-order chi connectivity index (χ1) is 12.9. The molecule has 1 aliphatic heterocycles. The highest BCUT2D eigenvalue weighted by Gasteiger charge is 2.17. The van der Waals surface area contributed by atoms with Crippen LogP contribution in [-0.2, 0) is 21.3 Å². The van der Waals surface area contributed by atoms with Crippen molar-refractivity contribution < 1.29 is 17.5 Å². The van der Waals surface area contributed by atoms with E-state index in [4.69, 9.17) is 4.74 Å². The Morgan fingerprint density at radius 3 is 2.75 bits per heavy atom. The zero-order valence-corrected chi connectivity index (χ0v) is 19.5. The van der Waals surface area contributed by atoms with E-state index in [1.165, 1.54) is 6.07 Å². The number of sulfonamides is 1. The fourth-order valence-electron chi connectivity index (χ4n) is 2.72. The van der Waals surface area contributed by atoms with Crippen LogP contribution in [-0.4, -0.2) is 53.0 Å². The van der Waals surface area contributed by atoms with E-state index in [1.54, 1.807) is 20.0 Å². The fraction of sp³-hybridized carbons (Fsp3) is 0.611. The van der Waals surface area contributed by atoms with Gasteiger partial charge >= 0.3 is 0 Å². The van der Waals surface area contributed by atoms with Gasteiger partial charge in [0, 0.05) is 33.3 Å². The maximum Gasteiger partial charge on any atom is 0.213 e. The number of nitrogens with one attached hydrogen (secondary N) is 3. The topological polar surface area (TPSA) is 91.8 Å². The number of hydrogen-bond acceptors (Lipinski definition) is 4. The van der Waals surface area contributed by atoms with Gasteiger partial charge in [0.1, 0.15) is 5.82 Å². The number of aliphatic imine (C=N–C) groups is 1. The Morgan fingerprint density at radius 2 is 2.11 bits per heavy atom. The summed E-state index contributed by atoms with van der Waals surface area (Å²) < 4.78 is 45.9. The largest absolute Gasteiger partial charge is 0.377 e. The highest BCUT2D eigenvalue weighted by Crippen LogP contribution is 2.12. The van der Waals surface area contributed by atoms with E-state index < -0.39 is 10.0 Å². The number of benzene rings is 1. The molecule has 0 bridgehead atoms. The summed E-state index contributed by atoms with van der Waals surface area (Å²) in [5.74, 6) is 0.137. The Bertz CT molecular complexity index is 740. The van der Waals surface area contributed by atoms with Gasteiger partial charge in [-0.1, -0.05) is 12.1 Å². The molecule has 1 aromatic rings. The van der Waals surface area contributed by atoms with Gasteiger partial charge in [0.15, 0.2) is 5.96 Å². The molecule has 1 fully saturated rings. The number of nitrogens with zero attached hydrogens (tertiary/aromatic N) is 1. The number of guanidine groups is 1. The molecule has 0 amide bonds. The number of aryl methyl sites for hydroxylation is 1. The molecule has 0 radical (unpaired) electrons. The minimum Gasteiger partial charge on any atom is -0.377 e. The Labute approximate surface area is 184 Å². The zero-order valence-electron chi connectivity index (χ0n) is 16.3. The summed E-state index contributed by atoms with van der Waals surface area (Å²) in [6.45, 7) is 3.32. The fourth-order valence-corrected chi connectivity index (χ4v) is 3.67. The molecule has 0 spiro atoms. The van der Waals surface area contributed by atoms with E-state index in [2.05, 4.69) is 20.3 Å². The summed E-state index contributed by atoms with van der Waals surface area (Å²) in [7, 11) is -1.79. The molecule has 160 valence electrons. The van der Waals surface area contributed by atoms with Crippen LogP contribution in [0, 0.1) is 12.7 Å². The summed E-state index contributed by atoms with van der Waals surface area (Å²) >= 11 is 0. The van der Waals surface area contributed by atoms with Crippen molar-refractivity contribution in [2.45, 2.75) is 38.8 Å². The van der Waals surface area contributed by atoms with Crippen molar-refractivity contribution in [1.82, 2.24) is 15.4 Å². The van der Waals surface area contributed by atoms with Gasteiger partial charge in [0.2, 0.25) is 10.0 Å². The minimum absolute atomic E-state index is 0. The molecule has 10 heteroatoms. The SMILES string of the molecule is CN=C(NCCS(=O)(=O)NCC1CCCCO1)NCc1ccc(C)c(F)c1.I. The van der Waals surface area contributed by atoms with Crippen LogP contribution in [0.15, 0.2) is 23.2 Å². The third-order valence-corrected chi connectivity index (χ3v) is 5.74. The van der Waals surface area contributed by atoms with Crippen LogP contribution in [0.4, 0.5) is 4.39 Å². The number of hydrogen-bond donors (Lipinski definition) is 3. The molecule has 28 heavy (non-hydrogen) atoms. The van der Waals surface area contributed by atoms with E-state index in [0.29, 0.717) is 31.2 Å². The normalized spacial score (nSPS) is 17.7. The lowest BCUT2D eigenvalue weighted by molar-refractivity contribution is 0.0200. The van der Waals surface area contributed by atoms with Gasteiger partial charge in [-0.3, -0.25) is 4.99 Å². The average Bonchev–Trinajstić information content (AvgIpc) is 2.66. The highest BCUT2D eigenvalue weighted by atomic mass is 127. The van der Waals surface area contributed by atoms with Gasteiger partial charge in [-0.25, -0.2) is 17.5 Å². The van der Waals surface area contributed by atoms with E-state index in [0.717, 1.165) is 24.8 Å². The second kappa shape index (κ2) is 12.6. The maximum absolute atomic E-state index is 13.6. The van der Waals surface area contributed by atoms with E-state index in [-0.39, 0.29) is 48.2 Å². The number of rotatable bonds is 8. The quantitative estimate of drug-likeness (QED) is 0.273. The second-order valence-corrected chi connectivity index (χ2v) is 8.52. The maximum atomic E-state index is 13.6. The Morgan fingerprint density at radius 1 is 1.32 bits per heavy atom. The zero-order chi connectivity index (χ0) is 19.7. The second-order valence-electron chi connectivity index (χ2n) is 6.59. The third kappa shape index (κ3) is 9.01. The standard InChI is InChI=1S/C18H29FN4O3S.HI/c1-14-6-7-15(11-17(14)19)12-22-18(20-2)21-8-10-27(24,25)23-13-16-5-3-4-9-26-16;/h6-7,11,16,23H,3-5,8-10,12-13H2,1-2H3,(H2,20,21,22);1H. The molecule has 1 heterocycles. The summed E-state index contributed by atoms with van der Waals surface area (Å²) in [4.78, 5) is 4.05.